The Bertz CT molecular complexity index is 1280. The molecule has 4 rings (SSSR count). The number of rotatable bonds is 5. The summed E-state index contributed by atoms with van der Waals surface area (Å²) in [7, 11) is -3.76. The molecule has 2 aromatic carbocycles. The van der Waals surface area contributed by atoms with Gasteiger partial charge in [-0.05, 0) is 29.8 Å². The van der Waals surface area contributed by atoms with Gasteiger partial charge in [-0.2, -0.15) is 4.31 Å². The first kappa shape index (κ1) is 22.3. The number of carbonyl (C=O) groups is 1. The van der Waals surface area contributed by atoms with E-state index in [-0.39, 0.29) is 47.2 Å². The fraction of sp³-hybridized carbons (Fsp3) is 0.217. The Kier molecular flexibility index (Phi) is 6.45. The highest BCUT2D eigenvalue weighted by molar-refractivity contribution is 7.89. The Labute approximate surface area is 191 Å². The van der Waals surface area contributed by atoms with Crippen molar-refractivity contribution in [3.8, 4) is 0 Å². The van der Waals surface area contributed by atoms with Crippen LogP contribution >= 0.6 is 11.6 Å². The van der Waals surface area contributed by atoms with E-state index in [0.29, 0.717) is 6.54 Å². The van der Waals surface area contributed by atoms with Crippen LogP contribution in [0.3, 0.4) is 0 Å². The summed E-state index contributed by atoms with van der Waals surface area (Å²) in [5.41, 5.74) is 0.663. The van der Waals surface area contributed by atoms with Gasteiger partial charge in [0.1, 0.15) is 10.5 Å². The Morgan fingerprint density at radius 2 is 1.53 bits per heavy atom. The molecule has 1 aliphatic heterocycles. The fourth-order valence-electron chi connectivity index (χ4n) is 3.70. The summed E-state index contributed by atoms with van der Waals surface area (Å²) in [4.78, 5) is 27.5. The van der Waals surface area contributed by atoms with Crippen molar-refractivity contribution in [2.24, 2.45) is 0 Å². The number of aromatic nitrogens is 1. The van der Waals surface area contributed by atoms with Crippen LogP contribution in [0.1, 0.15) is 15.9 Å². The Balaban J connectivity index is 1.48. The van der Waals surface area contributed by atoms with Gasteiger partial charge in [-0.15, -0.1) is 0 Å². The summed E-state index contributed by atoms with van der Waals surface area (Å²) in [6, 6.07) is 19.0. The number of carbonyl (C=O) groups excluding carboxylic acids is 1. The summed E-state index contributed by atoms with van der Waals surface area (Å²) >= 11 is 6.07. The molecule has 1 amide bonds. The first-order chi connectivity index (χ1) is 15.4. The molecule has 0 N–H and O–H groups in total. The average molecular weight is 472 g/mol. The van der Waals surface area contributed by atoms with E-state index < -0.39 is 15.9 Å². The van der Waals surface area contributed by atoms with Crippen LogP contribution in [0.2, 0.25) is 5.02 Å². The lowest BCUT2D eigenvalue weighted by atomic mass is 10.2. The molecule has 0 saturated carbocycles. The zero-order valence-electron chi connectivity index (χ0n) is 17.2. The predicted molar refractivity (Wildman–Crippen MR) is 122 cm³/mol. The minimum atomic E-state index is -3.76. The molecule has 9 heteroatoms. The quantitative estimate of drug-likeness (QED) is 0.573. The number of pyridine rings is 1. The highest BCUT2D eigenvalue weighted by atomic mass is 35.5. The van der Waals surface area contributed by atoms with E-state index in [4.69, 9.17) is 11.6 Å². The molecule has 1 aliphatic rings. The Morgan fingerprint density at radius 3 is 2.22 bits per heavy atom. The first-order valence-electron chi connectivity index (χ1n) is 10.2. The molecule has 0 unspecified atom stereocenters. The van der Waals surface area contributed by atoms with E-state index in [0.717, 1.165) is 5.56 Å². The van der Waals surface area contributed by atoms with Gasteiger partial charge in [0, 0.05) is 32.4 Å². The van der Waals surface area contributed by atoms with Crippen LogP contribution in [0.15, 0.2) is 82.6 Å². The van der Waals surface area contributed by atoms with Gasteiger partial charge in [0.05, 0.1) is 11.6 Å². The molecule has 0 aliphatic carbocycles. The highest BCUT2D eigenvalue weighted by Gasteiger charge is 2.32. The molecule has 1 saturated heterocycles. The summed E-state index contributed by atoms with van der Waals surface area (Å²) in [6.07, 6.45) is 1.65. The lowest BCUT2D eigenvalue weighted by Gasteiger charge is -2.34. The summed E-state index contributed by atoms with van der Waals surface area (Å²) in [6.45, 7) is 1.00. The summed E-state index contributed by atoms with van der Waals surface area (Å²) in [5.74, 6) is -0.396. The van der Waals surface area contributed by atoms with Gasteiger partial charge < -0.3 is 9.47 Å². The minimum Gasteiger partial charge on any atom is -0.336 e. The molecule has 2 heterocycles. The normalized spacial score (nSPS) is 15.0. The van der Waals surface area contributed by atoms with Crippen molar-refractivity contribution < 1.29 is 13.2 Å². The van der Waals surface area contributed by atoms with E-state index in [9.17, 15) is 18.0 Å². The average Bonchev–Trinajstić information content (AvgIpc) is 2.81. The maximum absolute atomic E-state index is 13.0. The number of nitrogens with zero attached hydrogens (tertiary/aromatic N) is 3. The van der Waals surface area contributed by atoms with E-state index in [1.807, 2.05) is 30.3 Å². The molecule has 0 atom stereocenters. The number of hydrogen-bond acceptors (Lipinski definition) is 4. The topological polar surface area (TPSA) is 79.7 Å². The van der Waals surface area contributed by atoms with E-state index in [2.05, 4.69) is 0 Å². The molecule has 0 bridgehead atoms. The zero-order valence-corrected chi connectivity index (χ0v) is 18.8. The molecule has 1 aromatic heterocycles. The Morgan fingerprint density at radius 1 is 0.875 bits per heavy atom. The van der Waals surface area contributed by atoms with Gasteiger partial charge in [0.15, 0.2) is 0 Å². The maximum atomic E-state index is 13.0. The third-order valence-corrected chi connectivity index (χ3v) is 7.83. The monoisotopic (exact) mass is 471 g/mol. The van der Waals surface area contributed by atoms with Crippen LogP contribution in [-0.2, 0) is 16.6 Å². The standard InChI is InChI=1S/C23H22ClN3O4S/c24-20-10-4-5-11-21(20)32(30,31)27-15-13-25(14-16-27)22(28)19-9-6-12-26(23(19)29)17-18-7-2-1-3-8-18/h1-12H,13-17H2. The van der Waals surface area contributed by atoms with E-state index >= 15 is 0 Å². The fourth-order valence-corrected chi connectivity index (χ4v) is 5.61. The minimum absolute atomic E-state index is 0.0494. The third-order valence-electron chi connectivity index (χ3n) is 5.43. The third kappa shape index (κ3) is 4.48. The van der Waals surface area contributed by atoms with Crippen molar-refractivity contribution in [2.75, 3.05) is 26.2 Å². The second kappa shape index (κ2) is 9.28. The number of sulfonamides is 1. The van der Waals surface area contributed by atoms with Gasteiger partial charge in [-0.3, -0.25) is 9.59 Å². The highest BCUT2D eigenvalue weighted by Crippen LogP contribution is 2.25. The first-order valence-corrected chi connectivity index (χ1v) is 12.0. The van der Waals surface area contributed by atoms with Crippen LogP contribution in [0.25, 0.3) is 0 Å². The van der Waals surface area contributed by atoms with Crippen molar-refractivity contribution in [3.63, 3.8) is 0 Å². The molecule has 166 valence electrons. The van der Waals surface area contributed by atoms with Crippen LogP contribution < -0.4 is 5.56 Å². The SMILES string of the molecule is O=C(c1cccn(Cc2ccccc2)c1=O)N1CCN(S(=O)(=O)c2ccccc2Cl)CC1. The lowest BCUT2D eigenvalue weighted by Crippen LogP contribution is -2.51. The summed E-state index contributed by atoms with van der Waals surface area (Å²) < 4.78 is 28.6. The molecule has 0 spiro atoms. The zero-order chi connectivity index (χ0) is 22.7. The number of piperazine rings is 1. The van der Waals surface area contributed by atoms with Gasteiger partial charge in [-0.1, -0.05) is 54.1 Å². The number of benzene rings is 2. The molecule has 7 nitrogen and oxygen atoms in total. The molecule has 32 heavy (non-hydrogen) atoms. The van der Waals surface area contributed by atoms with Gasteiger partial charge in [0.2, 0.25) is 10.0 Å². The largest absolute Gasteiger partial charge is 0.336 e. The van der Waals surface area contributed by atoms with Crippen LogP contribution in [0.5, 0.6) is 0 Å². The maximum Gasteiger partial charge on any atom is 0.263 e. The molecule has 3 aromatic rings. The molecule has 0 radical (unpaired) electrons. The molecular formula is C23H22ClN3O4S. The lowest BCUT2D eigenvalue weighted by molar-refractivity contribution is 0.0695. The number of halogens is 1. The number of hydrogen-bond donors (Lipinski definition) is 0. The number of amides is 1. The van der Waals surface area contributed by atoms with Crippen molar-refractivity contribution in [3.05, 3.63) is 99.4 Å². The van der Waals surface area contributed by atoms with Crippen molar-refractivity contribution in [1.29, 1.82) is 0 Å². The second-order valence-corrected chi connectivity index (χ2v) is 9.78. The van der Waals surface area contributed by atoms with Gasteiger partial charge >= 0.3 is 0 Å². The van der Waals surface area contributed by atoms with Crippen molar-refractivity contribution in [1.82, 2.24) is 13.8 Å². The van der Waals surface area contributed by atoms with Gasteiger partial charge in [-0.25, -0.2) is 8.42 Å². The second-order valence-electron chi connectivity index (χ2n) is 7.47. The van der Waals surface area contributed by atoms with E-state index in [1.165, 1.54) is 32.0 Å². The predicted octanol–water partition coefficient (Wildman–Crippen LogP) is 2.70. The van der Waals surface area contributed by atoms with Gasteiger partial charge in [0.25, 0.3) is 11.5 Å². The van der Waals surface area contributed by atoms with Crippen LogP contribution in [0, 0.1) is 0 Å². The molecule has 1 fully saturated rings. The van der Waals surface area contributed by atoms with Crippen molar-refractivity contribution >= 4 is 27.5 Å². The molecular weight excluding hydrogens is 450 g/mol. The van der Waals surface area contributed by atoms with Crippen LogP contribution in [0.4, 0.5) is 0 Å². The Hall–Kier alpha value is -2.94. The van der Waals surface area contributed by atoms with Crippen molar-refractivity contribution in [2.45, 2.75) is 11.4 Å². The van der Waals surface area contributed by atoms with Crippen LogP contribution in [-0.4, -0.2) is 54.3 Å². The smallest absolute Gasteiger partial charge is 0.263 e. The van der Waals surface area contributed by atoms with E-state index in [1.54, 1.807) is 24.4 Å². The summed E-state index contributed by atoms with van der Waals surface area (Å²) in [5, 5.41) is 0.161.